The highest BCUT2D eigenvalue weighted by atomic mass is 19.4. The predicted molar refractivity (Wildman–Crippen MR) is 48.5 cm³/mol. The van der Waals surface area contributed by atoms with Crippen LogP contribution in [0.1, 0.15) is 5.56 Å². The third-order valence-electron chi connectivity index (χ3n) is 2.02. The summed E-state index contributed by atoms with van der Waals surface area (Å²) >= 11 is 0. The number of nitrogens with zero attached hydrogens (tertiary/aromatic N) is 2. The zero-order chi connectivity index (χ0) is 11.8. The average Bonchev–Trinajstić information content (AvgIpc) is 2.69. The fraction of sp³-hybridized carbons (Fsp3) is 0.100. The molecule has 2 nitrogen and oxygen atoms in total. The Morgan fingerprint density at radius 1 is 1.19 bits per heavy atom. The van der Waals surface area contributed by atoms with Gasteiger partial charge in [-0.3, -0.25) is 0 Å². The van der Waals surface area contributed by atoms with Gasteiger partial charge in [0.2, 0.25) is 0 Å². The van der Waals surface area contributed by atoms with Gasteiger partial charge in [0.25, 0.3) is 0 Å². The molecule has 0 radical (unpaired) electrons. The van der Waals surface area contributed by atoms with E-state index in [9.17, 15) is 17.6 Å². The van der Waals surface area contributed by atoms with Crippen molar-refractivity contribution in [3.8, 4) is 5.69 Å². The lowest BCUT2D eigenvalue weighted by Crippen LogP contribution is -2.09. The molecule has 0 saturated heterocycles. The van der Waals surface area contributed by atoms with Crippen LogP contribution in [0, 0.1) is 5.82 Å². The number of hydrogen-bond donors (Lipinski definition) is 0. The zero-order valence-corrected chi connectivity index (χ0v) is 7.87. The van der Waals surface area contributed by atoms with Crippen molar-refractivity contribution in [3.63, 3.8) is 0 Å². The third-order valence-corrected chi connectivity index (χ3v) is 2.02. The van der Waals surface area contributed by atoms with E-state index in [2.05, 4.69) is 5.10 Å². The van der Waals surface area contributed by atoms with E-state index >= 15 is 0 Å². The highest BCUT2D eigenvalue weighted by Crippen LogP contribution is 2.32. The van der Waals surface area contributed by atoms with E-state index in [0.717, 1.165) is 12.1 Å². The maximum Gasteiger partial charge on any atom is 0.419 e. The molecule has 0 amide bonds. The first-order valence-electron chi connectivity index (χ1n) is 4.35. The largest absolute Gasteiger partial charge is 0.419 e. The van der Waals surface area contributed by atoms with Crippen LogP contribution in [0.4, 0.5) is 17.6 Å². The van der Waals surface area contributed by atoms with E-state index in [1.54, 1.807) is 6.07 Å². The Kier molecular flexibility index (Phi) is 2.41. The molecule has 1 aromatic carbocycles. The molecule has 0 unspecified atom stereocenters. The second-order valence-corrected chi connectivity index (χ2v) is 3.11. The van der Waals surface area contributed by atoms with Gasteiger partial charge in [0, 0.05) is 12.4 Å². The second-order valence-electron chi connectivity index (χ2n) is 3.11. The highest BCUT2D eigenvalue weighted by molar-refractivity contribution is 5.37. The fourth-order valence-corrected chi connectivity index (χ4v) is 1.29. The SMILES string of the molecule is Fc1ccc(-n2cccn2)cc1C(F)(F)F. The van der Waals surface area contributed by atoms with Gasteiger partial charge >= 0.3 is 6.18 Å². The maximum absolute atomic E-state index is 13.0. The lowest BCUT2D eigenvalue weighted by atomic mass is 10.2. The lowest BCUT2D eigenvalue weighted by molar-refractivity contribution is -0.140. The molecule has 0 N–H and O–H groups in total. The molecule has 6 heteroatoms. The number of halogens is 4. The molecule has 2 rings (SSSR count). The summed E-state index contributed by atoms with van der Waals surface area (Å²) in [5.74, 6) is -1.29. The Balaban J connectivity index is 2.52. The minimum Gasteiger partial charge on any atom is -0.241 e. The number of hydrogen-bond acceptors (Lipinski definition) is 1. The van der Waals surface area contributed by atoms with Crippen LogP contribution >= 0.6 is 0 Å². The van der Waals surface area contributed by atoms with Crippen molar-refractivity contribution in [3.05, 3.63) is 48.0 Å². The van der Waals surface area contributed by atoms with E-state index in [0.29, 0.717) is 0 Å². The van der Waals surface area contributed by atoms with Crippen LogP contribution < -0.4 is 0 Å². The number of rotatable bonds is 1. The molecular formula is C10H6F4N2. The van der Waals surface area contributed by atoms with E-state index in [1.807, 2.05) is 0 Å². The maximum atomic E-state index is 13.0. The molecule has 0 atom stereocenters. The molecule has 1 heterocycles. The van der Waals surface area contributed by atoms with Crippen molar-refractivity contribution >= 4 is 0 Å². The van der Waals surface area contributed by atoms with Crippen LogP contribution in [-0.4, -0.2) is 9.78 Å². The van der Waals surface area contributed by atoms with Crippen LogP contribution in [0.25, 0.3) is 5.69 Å². The molecule has 0 bridgehead atoms. The molecule has 84 valence electrons. The van der Waals surface area contributed by atoms with E-state index in [4.69, 9.17) is 0 Å². The molecule has 0 aliphatic heterocycles. The number of aromatic nitrogens is 2. The molecule has 1 aromatic heterocycles. The highest BCUT2D eigenvalue weighted by Gasteiger charge is 2.34. The number of benzene rings is 1. The van der Waals surface area contributed by atoms with Gasteiger partial charge in [-0.15, -0.1) is 0 Å². The van der Waals surface area contributed by atoms with Crippen molar-refractivity contribution < 1.29 is 17.6 Å². The average molecular weight is 230 g/mol. The minimum atomic E-state index is -4.70. The molecule has 0 aliphatic rings. The summed E-state index contributed by atoms with van der Waals surface area (Å²) in [4.78, 5) is 0. The first-order chi connectivity index (χ1) is 7.48. The Hall–Kier alpha value is -1.85. The molecule has 16 heavy (non-hydrogen) atoms. The Morgan fingerprint density at radius 3 is 2.50 bits per heavy atom. The zero-order valence-electron chi connectivity index (χ0n) is 7.87. The topological polar surface area (TPSA) is 17.8 Å². The Bertz CT molecular complexity index is 488. The summed E-state index contributed by atoms with van der Waals surface area (Å²) in [6, 6.07) is 4.30. The van der Waals surface area contributed by atoms with Crippen molar-refractivity contribution in [1.29, 1.82) is 0 Å². The predicted octanol–water partition coefficient (Wildman–Crippen LogP) is 3.03. The fourth-order valence-electron chi connectivity index (χ4n) is 1.29. The van der Waals surface area contributed by atoms with E-state index in [1.165, 1.54) is 23.1 Å². The normalized spacial score (nSPS) is 11.8. The quantitative estimate of drug-likeness (QED) is 0.688. The van der Waals surface area contributed by atoms with E-state index < -0.39 is 17.6 Å². The van der Waals surface area contributed by atoms with Gasteiger partial charge < -0.3 is 0 Å². The Labute approximate surface area is 88.1 Å². The smallest absolute Gasteiger partial charge is 0.241 e. The number of alkyl halides is 3. The Morgan fingerprint density at radius 2 is 1.94 bits per heavy atom. The lowest BCUT2D eigenvalue weighted by Gasteiger charge is -2.09. The van der Waals surface area contributed by atoms with Crippen LogP contribution in [0.15, 0.2) is 36.7 Å². The van der Waals surface area contributed by atoms with Gasteiger partial charge in [-0.25, -0.2) is 9.07 Å². The monoisotopic (exact) mass is 230 g/mol. The minimum absolute atomic E-state index is 0.165. The van der Waals surface area contributed by atoms with Crippen molar-refractivity contribution in [2.24, 2.45) is 0 Å². The molecule has 0 saturated carbocycles. The molecule has 0 fully saturated rings. The van der Waals surface area contributed by atoms with Crippen LogP contribution in [0.3, 0.4) is 0 Å². The summed E-state index contributed by atoms with van der Waals surface area (Å²) in [7, 11) is 0. The third kappa shape index (κ3) is 1.91. The summed E-state index contributed by atoms with van der Waals surface area (Å²) in [6.45, 7) is 0. The standard InChI is InChI=1S/C10H6F4N2/c11-9-3-2-7(16-5-1-4-15-16)6-8(9)10(12,13)14/h1-6H. The first kappa shape index (κ1) is 10.7. The van der Waals surface area contributed by atoms with Crippen molar-refractivity contribution in [1.82, 2.24) is 9.78 Å². The molecule has 2 aromatic rings. The van der Waals surface area contributed by atoms with Crippen molar-refractivity contribution in [2.75, 3.05) is 0 Å². The second kappa shape index (κ2) is 3.62. The molecule has 0 spiro atoms. The summed E-state index contributed by atoms with van der Waals surface area (Å²) < 4.78 is 51.4. The van der Waals surface area contributed by atoms with Crippen LogP contribution in [0.5, 0.6) is 0 Å². The van der Waals surface area contributed by atoms with Gasteiger partial charge in [-0.1, -0.05) is 0 Å². The van der Waals surface area contributed by atoms with Crippen LogP contribution in [-0.2, 0) is 6.18 Å². The molecular weight excluding hydrogens is 224 g/mol. The van der Waals surface area contributed by atoms with Gasteiger partial charge in [0.1, 0.15) is 5.82 Å². The summed E-state index contributed by atoms with van der Waals surface area (Å²) in [5, 5.41) is 3.77. The van der Waals surface area contributed by atoms with E-state index in [-0.39, 0.29) is 5.69 Å². The molecule has 0 aliphatic carbocycles. The van der Waals surface area contributed by atoms with Gasteiger partial charge in [0.15, 0.2) is 0 Å². The van der Waals surface area contributed by atoms with Gasteiger partial charge in [-0.05, 0) is 24.3 Å². The van der Waals surface area contributed by atoms with Crippen LogP contribution in [0.2, 0.25) is 0 Å². The van der Waals surface area contributed by atoms with Gasteiger partial charge in [0.05, 0.1) is 11.3 Å². The first-order valence-corrected chi connectivity index (χ1v) is 4.35. The summed E-state index contributed by atoms with van der Waals surface area (Å²) in [6.07, 6.45) is -1.79. The van der Waals surface area contributed by atoms with Gasteiger partial charge in [-0.2, -0.15) is 18.3 Å². The van der Waals surface area contributed by atoms with Crippen molar-refractivity contribution in [2.45, 2.75) is 6.18 Å². The summed E-state index contributed by atoms with van der Waals surface area (Å²) in [5.41, 5.74) is -1.13.